The average molecular weight is 356 g/mol. The summed E-state index contributed by atoms with van der Waals surface area (Å²) >= 11 is 3.40. The molecule has 21 heavy (non-hydrogen) atoms. The normalized spacial score (nSPS) is 12.3. The van der Waals surface area contributed by atoms with Gasteiger partial charge in [-0.25, -0.2) is 4.98 Å². The summed E-state index contributed by atoms with van der Waals surface area (Å²) in [5.41, 5.74) is 0.621. The molecule has 118 valence electrons. The quantitative estimate of drug-likeness (QED) is 0.797. The summed E-state index contributed by atoms with van der Waals surface area (Å²) in [4.78, 5) is 18.9. The lowest BCUT2D eigenvalue weighted by Crippen LogP contribution is -2.36. The summed E-state index contributed by atoms with van der Waals surface area (Å²) < 4.78 is 0.817. The van der Waals surface area contributed by atoms with E-state index in [0.717, 1.165) is 23.9 Å². The molecule has 0 aliphatic rings. The molecule has 0 radical (unpaired) electrons. The van der Waals surface area contributed by atoms with Crippen molar-refractivity contribution in [3.05, 3.63) is 22.3 Å². The fourth-order valence-electron chi connectivity index (χ4n) is 2.22. The molecule has 1 aromatic heterocycles. The van der Waals surface area contributed by atoms with Gasteiger partial charge in [-0.3, -0.25) is 4.79 Å². The number of pyridine rings is 1. The minimum absolute atomic E-state index is 0.00977. The van der Waals surface area contributed by atoms with Gasteiger partial charge in [0.25, 0.3) is 5.91 Å². The van der Waals surface area contributed by atoms with E-state index in [1.54, 1.807) is 11.1 Å². The number of carbonyl (C=O) groups excluding carboxylic acids is 1. The zero-order valence-corrected chi connectivity index (χ0v) is 15.2. The van der Waals surface area contributed by atoms with E-state index in [1.807, 2.05) is 13.1 Å². The minimum Gasteiger partial charge on any atom is -0.369 e. The van der Waals surface area contributed by atoms with E-state index in [0.29, 0.717) is 17.3 Å². The maximum atomic E-state index is 12.7. The first kappa shape index (κ1) is 18.0. The largest absolute Gasteiger partial charge is 0.369 e. The number of carbonyl (C=O) groups is 1. The standard InChI is InChI=1S/C16H26BrN3O/c1-6-7-18-15-14(9-13(17)10-19-15)16(21)20(5)12(4)8-11(2)3/h9-12H,6-8H2,1-5H3,(H,18,19). The lowest BCUT2D eigenvalue weighted by Gasteiger charge is -2.27. The third-order valence-electron chi connectivity index (χ3n) is 3.42. The van der Waals surface area contributed by atoms with Gasteiger partial charge in [0.1, 0.15) is 5.82 Å². The molecule has 0 spiro atoms. The number of amides is 1. The van der Waals surface area contributed by atoms with Gasteiger partial charge in [0.2, 0.25) is 0 Å². The SMILES string of the molecule is CCCNc1ncc(Br)cc1C(=O)N(C)C(C)CC(C)C. The van der Waals surface area contributed by atoms with Crippen molar-refractivity contribution in [2.24, 2.45) is 5.92 Å². The molecule has 1 atom stereocenters. The van der Waals surface area contributed by atoms with Gasteiger partial charge in [0, 0.05) is 30.3 Å². The van der Waals surface area contributed by atoms with Crippen molar-refractivity contribution in [3.63, 3.8) is 0 Å². The molecule has 1 heterocycles. The predicted octanol–water partition coefficient (Wildman–Crippen LogP) is 4.17. The van der Waals surface area contributed by atoms with Crippen LogP contribution in [0.3, 0.4) is 0 Å². The summed E-state index contributed by atoms with van der Waals surface area (Å²) in [6.07, 6.45) is 3.69. The highest BCUT2D eigenvalue weighted by Crippen LogP contribution is 2.21. The number of nitrogens with one attached hydrogen (secondary N) is 1. The molecule has 0 saturated carbocycles. The molecule has 1 N–H and O–H groups in total. The van der Waals surface area contributed by atoms with Crippen LogP contribution >= 0.6 is 15.9 Å². The van der Waals surface area contributed by atoms with E-state index in [4.69, 9.17) is 0 Å². The molecule has 1 unspecified atom stereocenters. The highest BCUT2D eigenvalue weighted by atomic mass is 79.9. The third-order valence-corrected chi connectivity index (χ3v) is 3.85. The van der Waals surface area contributed by atoms with Gasteiger partial charge in [0.15, 0.2) is 0 Å². The smallest absolute Gasteiger partial charge is 0.257 e. The summed E-state index contributed by atoms with van der Waals surface area (Å²) in [5.74, 6) is 1.23. The van der Waals surface area contributed by atoms with Crippen molar-refractivity contribution >= 4 is 27.7 Å². The number of halogens is 1. The summed E-state index contributed by atoms with van der Waals surface area (Å²) in [5, 5.41) is 3.23. The van der Waals surface area contributed by atoms with Crippen molar-refractivity contribution in [1.82, 2.24) is 9.88 Å². The van der Waals surface area contributed by atoms with Crippen molar-refractivity contribution in [2.75, 3.05) is 18.9 Å². The molecule has 0 fully saturated rings. The molecule has 0 aliphatic heterocycles. The third kappa shape index (κ3) is 5.30. The molecule has 0 saturated heterocycles. The second-order valence-corrected chi connectivity index (χ2v) is 6.79. The summed E-state index contributed by atoms with van der Waals surface area (Å²) in [7, 11) is 1.86. The van der Waals surface area contributed by atoms with Crippen LogP contribution in [0.4, 0.5) is 5.82 Å². The van der Waals surface area contributed by atoms with E-state index in [1.165, 1.54) is 0 Å². The predicted molar refractivity (Wildman–Crippen MR) is 91.7 cm³/mol. The number of rotatable bonds is 7. The van der Waals surface area contributed by atoms with E-state index in [2.05, 4.69) is 53.9 Å². The zero-order chi connectivity index (χ0) is 16.0. The lowest BCUT2D eigenvalue weighted by molar-refractivity contribution is 0.0728. The van der Waals surface area contributed by atoms with Crippen molar-refractivity contribution < 1.29 is 4.79 Å². The minimum atomic E-state index is 0.00977. The Bertz CT molecular complexity index is 477. The molecule has 0 bridgehead atoms. The maximum absolute atomic E-state index is 12.7. The molecule has 0 aliphatic carbocycles. The average Bonchev–Trinajstić information content (AvgIpc) is 2.43. The summed E-state index contributed by atoms with van der Waals surface area (Å²) in [6.45, 7) is 9.32. The van der Waals surface area contributed by atoms with Crippen LogP contribution in [0.25, 0.3) is 0 Å². The van der Waals surface area contributed by atoms with E-state index in [-0.39, 0.29) is 11.9 Å². The molecular formula is C16H26BrN3O. The van der Waals surface area contributed by atoms with Gasteiger partial charge in [0.05, 0.1) is 5.56 Å². The van der Waals surface area contributed by atoms with Gasteiger partial charge >= 0.3 is 0 Å². The Balaban J connectivity index is 2.96. The number of anilines is 1. The first-order valence-electron chi connectivity index (χ1n) is 7.53. The molecule has 0 aromatic carbocycles. The molecule has 1 rings (SSSR count). The molecule has 1 amide bonds. The number of aromatic nitrogens is 1. The van der Waals surface area contributed by atoms with Crippen LogP contribution < -0.4 is 5.32 Å². The van der Waals surface area contributed by atoms with Crippen LogP contribution in [-0.2, 0) is 0 Å². The Labute approximate surface area is 136 Å². The van der Waals surface area contributed by atoms with Gasteiger partial charge in [-0.05, 0) is 47.7 Å². The monoisotopic (exact) mass is 355 g/mol. The Kier molecular flexibility index (Phi) is 7.15. The van der Waals surface area contributed by atoms with Crippen LogP contribution in [0.2, 0.25) is 0 Å². The Morgan fingerprint density at radius 2 is 2.10 bits per heavy atom. The topological polar surface area (TPSA) is 45.2 Å². The fraction of sp³-hybridized carbons (Fsp3) is 0.625. The van der Waals surface area contributed by atoms with E-state index < -0.39 is 0 Å². The zero-order valence-electron chi connectivity index (χ0n) is 13.6. The highest BCUT2D eigenvalue weighted by molar-refractivity contribution is 9.10. The van der Waals surface area contributed by atoms with Crippen LogP contribution in [0, 0.1) is 5.92 Å². The molecule has 1 aromatic rings. The lowest BCUT2D eigenvalue weighted by atomic mass is 10.0. The maximum Gasteiger partial charge on any atom is 0.257 e. The van der Waals surface area contributed by atoms with Gasteiger partial charge in [-0.2, -0.15) is 0 Å². The Morgan fingerprint density at radius 1 is 1.43 bits per heavy atom. The first-order valence-corrected chi connectivity index (χ1v) is 8.32. The fourth-order valence-corrected chi connectivity index (χ4v) is 2.55. The number of hydrogen-bond acceptors (Lipinski definition) is 3. The van der Waals surface area contributed by atoms with Crippen LogP contribution in [0.15, 0.2) is 16.7 Å². The Morgan fingerprint density at radius 3 is 2.67 bits per heavy atom. The second kappa shape index (κ2) is 8.37. The van der Waals surface area contributed by atoms with Crippen molar-refractivity contribution in [2.45, 2.75) is 46.6 Å². The summed E-state index contributed by atoms with van der Waals surface area (Å²) in [6, 6.07) is 2.04. The highest BCUT2D eigenvalue weighted by Gasteiger charge is 2.21. The van der Waals surface area contributed by atoms with Crippen LogP contribution in [-0.4, -0.2) is 35.4 Å². The number of hydrogen-bond donors (Lipinski definition) is 1. The van der Waals surface area contributed by atoms with E-state index >= 15 is 0 Å². The van der Waals surface area contributed by atoms with Gasteiger partial charge < -0.3 is 10.2 Å². The van der Waals surface area contributed by atoms with Gasteiger partial charge in [-0.15, -0.1) is 0 Å². The van der Waals surface area contributed by atoms with E-state index in [9.17, 15) is 4.79 Å². The molecule has 5 heteroatoms. The van der Waals surface area contributed by atoms with Crippen molar-refractivity contribution in [1.29, 1.82) is 0 Å². The first-order chi connectivity index (χ1) is 9.86. The molecule has 4 nitrogen and oxygen atoms in total. The Hall–Kier alpha value is -1.10. The van der Waals surface area contributed by atoms with Gasteiger partial charge in [-0.1, -0.05) is 20.8 Å². The van der Waals surface area contributed by atoms with Crippen LogP contribution in [0.5, 0.6) is 0 Å². The molecular weight excluding hydrogens is 330 g/mol. The van der Waals surface area contributed by atoms with Crippen LogP contribution in [0.1, 0.15) is 50.9 Å². The number of nitrogens with zero attached hydrogens (tertiary/aromatic N) is 2. The van der Waals surface area contributed by atoms with Crippen molar-refractivity contribution in [3.8, 4) is 0 Å². The second-order valence-electron chi connectivity index (χ2n) is 5.87.